The summed E-state index contributed by atoms with van der Waals surface area (Å²) in [4.78, 5) is 2.63. The second-order valence-electron chi connectivity index (χ2n) is 6.35. The summed E-state index contributed by atoms with van der Waals surface area (Å²) in [7, 11) is 0. The molecule has 1 aromatic rings. The molecule has 2 nitrogen and oxygen atoms in total. The fraction of sp³-hybridized carbons (Fsp3) is 0.667. The highest BCUT2D eigenvalue weighted by molar-refractivity contribution is 5.22. The van der Waals surface area contributed by atoms with Crippen LogP contribution >= 0.6 is 0 Å². The van der Waals surface area contributed by atoms with Crippen molar-refractivity contribution in [2.24, 2.45) is 5.73 Å². The molecule has 0 amide bonds. The third-order valence-corrected chi connectivity index (χ3v) is 4.92. The lowest BCUT2D eigenvalue weighted by Gasteiger charge is -2.43. The zero-order valence-corrected chi connectivity index (χ0v) is 13.2. The van der Waals surface area contributed by atoms with Gasteiger partial charge >= 0.3 is 0 Å². The Balaban J connectivity index is 2.16. The molecular weight excluding hydrogens is 244 g/mol. The van der Waals surface area contributed by atoms with Gasteiger partial charge in [-0.05, 0) is 31.9 Å². The highest BCUT2D eigenvalue weighted by Crippen LogP contribution is 2.32. The van der Waals surface area contributed by atoms with Crippen molar-refractivity contribution in [1.82, 2.24) is 4.90 Å². The molecule has 20 heavy (non-hydrogen) atoms. The summed E-state index contributed by atoms with van der Waals surface area (Å²) >= 11 is 0. The third kappa shape index (κ3) is 3.62. The van der Waals surface area contributed by atoms with Gasteiger partial charge in [-0.2, -0.15) is 0 Å². The van der Waals surface area contributed by atoms with Crippen LogP contribution in [0.2, 0.25) is 0 Å². The fourth-order valence-corrected chi connectivity index (χ4v) is 3.68. The smallest absolute Gasteiger partial charge is 0.0335 e. The van der Waals surface area contributed by atoms with Gasteiger partial charge in [0.25, 0.3) is 0 Å². The summed E-state index contributed by atoms with van der Waals surface area (Å²) in [6.45, 7) is 7.37. The first-order valence-corrected chi connectivity index (χ1v) is 8.21. The average molecular weight is 274 g/mol. The van der Waals surface area contributed by atoms with E-state index in [0.29, 0.717) is 0 Å². The van der Waals surface area contributed by atoms with Crippen LogP contribution in [0, 0.1) is 6.92 Å². The number of benzene rings is 1. The molecule has 0 aromatic heterocycles. The number of rotatable bonds is 5. The summed E-state index contributed by atoms with van der Waals surface area (Å²) < 4.78 is 0. The lowest BCUT2D eigenvalue weighted by molar-refractivity contribution is 0.0756. The molecule has 2 rings (SSSR count). The van der Waals surface area contributed by atoms with Crippen molar-refractivity contribution in [3.05, 3.63) is 35.4 Å². The number of likely N-dealkylation sites (N-methyl/N-ethyl adjacent to an activating group) is 1. The predicted octanol–water partition coefficient (Wildman–Crippen LogP) is 3.87. The van der Waals surface area contributed by atoms with Crippen LogP contribution in [0.1, 0.15) is 56.6 Å². The van der Waals surface area contributed by atoms with Gasteiger partial charge in [-0.3, -0.25) is 4.90 Å². The third-order valence-electron chi connectivity index (χ3n) is 4.92. The molecule has 0 spiro atoms. The van der Waals surface area contributed by atoms with Crippen LogP contribution in [0.5, 0.6) is 0 Å². The molecule has 0 saturated heterocycles. The minimum Gasteiger partial charge on any atom is -0.329 e. The van der Waals surface area contributed by atoms with E-state index in [-0.39, 0.29) is 5.54 Å². The van der Waals surface area contributed by atoms with E-state index in [0.717, 1.165) is 19.6 Å². The minimum absolute atomic E-state index is 0.231. The number of hydrogen-bond donors (Lipinski definition) is 1. The molecule has 0 aliphatic heterocycles. The van der Waals surface area contributed by atoms with Gasteiger partial charge in [0.2, 0.25) is 0 Å². The summed E-state index contributed by atoms with van der Waals surface area (Å²) in [5, 5.41) is 0. The lowest BCUT2D eigenvalue weighted by Crippen LogP contribution is -2.53. The number of aryl methyl sites for hydroxylation is 1. The first-order chi connectivity index (χ1) is 9.70. The zero-order valence-electron chi connectivity index (χ0n) is 13.2. The van der Waals surface area contributed by atoms with Crippen molar-refractivity contribution in [1.29, 1.82) is 0 Å². The molecule has 2 N–H and O–H groups in total. The van der Waals surface area contributed by atoms with E-state index in [1.54, 1.807) is 0 Å². The Bertz CT molecular complexity index is 406. The van der Waals surface area contributed by atoms with Crippen molar-refractivity contribution in [3.63, 3.8) is 0 Å². The molecule has 0 radical (unpaired) electrons. The Morgan fingerprint density at radius 1 is 1.15 bits per heavy atom. The highest BCUT2D eigenvalue weighted by Gasteiger charge is 2.34. The van der Waals surface area contributed by atoms with Crippen LogP contribution in [0.25, 0.3) is 0 Å². The molecule has 1 saturated carbocycles. The van der Waals surface area contributed by atoms with Gasteiger partial charge < -0.3 is 5.73 Å². The largest absolute Gasteiger partial charge is 0.329 e. The molecule has 112 valence electrons. The van der Waals surface area contributed by atoms with Crippen molar-refractivity contribution in [2.45, 2.75) is 64.5 Å². The van der Waals surface area contributed by atoms with Gasteiger partial charge in [-0.25, -0.2) is 0 Å². The fourth-order valence-electron chi connectivity index (χ4n) is 3.68. The molecule has 0 atom stereocenters. The van der Waals surface area contributed by atoms with Crippen molar-refractivity contribution < 1.29 is 0 Å². The van der Waals surface area contributed by atoms with Crippen LogP contribution in [0.4, 0.5) is 0 Å². The van der Waals surface area contributed by atoms with Crippen LogP contribution in [-0.4, -0.2) is 23.5 Å². The molecule has 0 unspecified atom stereocenters. The SMILES string of the molecule is CCN(Cc1cccc(C)c1)C1(CN)CCCCCC1. The summed E-state index contributed by atoms with van der Waals surface area (Å²) in [6, 6.07) is 8.89. The topological polar surface area (TPSA) is 29.3 Å². The molecular formula is C18H30N2. The summed E-state index contributed by atoms with van der Waals surface area (Å²) in [5.74, 6) is 0. The molecule has 1 aliphatic carbocycles. The molecule has 0 heterocycles. The first-order valence-electron chi connectivity index (χ1n) is 8.21. The number of nitrogens with zero attached hydrogens (tertiary/aromatic N) is 1. The Morgan fingerprint density at radius 3 is 2.40 bits per heavy atom. The highest BCUT2D eigenvalue weighted by atomic mass is 15.2. The van der Waals surface area contributed by atoms with Crippen molar-refractivity contribution >= 4 is 0 Å². The van der Waals surface area contributed by atoms with E-state index in [9.17, 15) is 0 Å². The summed E-state index contributed by atoms with van der Waals surface area (Å²) in [5.41, 5.74) is 9.23. The van der Waals surface area contributed by atoms with E-state index >= 15 is 0 Å². The standard InChI is InChI=1S/C18H30N2/c1-3-20(14-17-10-8-9-16(2)13-17)18(15-19)11-6-4-5-7-12-18/h8-10,13H,3-7,11-12,14-15,19H2,1-2H3. The van der Waals surface area contributed by atoms with Gasteiger partial charge in [0.05, 0.1) is 0 Å². The number of hydrogen-bond acceptors (Lipinski definition) is 2. The maximum absolute atomic E-state index is 6.23. The Kier molecular flexibility index (Phi) is 5.62. The van der Waals surface area contributed by atoms with Crippen molar-refractivity contribution in [3.8, 4) is 0 Å². The van der Waals surface area contributed by atoms with Gasteiger partial charge in [0.1, 0.15) is 0 Å². The van der Waals surface area contributed by atoms with E-state index in [1.807, 2.05) is 0 Å². The van der Waals surface area contributed by atoms with E-state index < -0.39 is 0 Å². The Hall–Kier alpha value is -0.860. The minimum atomic E-state index is 0.231. The van der Waals surface area contributed by atoms with E-state index in [1.165, 1.54) is 49.7 Å². The van der Waals surface area contributed by atoms with Crippen LogP contribution in [0.3, 0.4) is 0 Å². The normalized spacial score (nSPS) is 19.0. The lowest BCUT2D eigenvalue weighted by atomic mass is 9.87. The maximum Gasteiger partial charge on any atom is 0.0335 e. The predicted molar refractivity (Wildman–Crippen MR) is 86.8 cm³/mol. The number of nitrogens with two attached hydrogens (primary N) is 1. The second-order valence-corrected chi connectivity index (χ2v) is 6.35. The second kappa shape index (κ2) is 7.24. The van der Waals surface area contributed by atoms with Gasteiger partial charge in [-0.15, -0.1) is 0 Å². The van der Waals surface area contributed by atoms with Crippen LogP contribution in [-0.2, 0) is 6.54 Å². The average Bonchev–Trinajstić information content (AvgIpc) is 2.71. The van der Waals surface area contributed by atoms with Crippen molar-refractivity contribution in [2.75, 3.05) is 13.1 Å². The monoisotopic (exact) mass is 274 g/mol. The summed E-state index contributed by atoms with van der Waals surface area (Å²) in [6.07, 6.45) is 7.96. The van der Waals surface area contributed by atoms with E-state index in [4.69, 9.17) is 5.73 Å². The van der Waals surface area contributed by atoms with E-state index in [2.05, 4.69) is 43.0 Å². The van der Waals surface area contributed by atoms with Gasteiger partial charge in [0.15, 0.2) is 0 Å². The molecule has 1 aromatic carbocycles. The van der Waals surface area contributed by atoms with Gasteiger partial charge in [-0.1, -0.05) is 62.4 Å². The van der Waals surface area contributed by atoms with Gasteiger partial charge in [0, 0.05) is 18.6 Å². The molecule has 2 heteroatoms. The zero-order chi connectivity index (χ0) is 14.4. The Labute approximate surface area is 124 Å². The van der Waals surface area contributed by atoms with Crippen LogP contribution in [0.15, 0.2) is 24.3 Å². The maximum atomic E-state index is 6.23. The molecule has 1 aliphatic rings. The molecule has 1 fully saturated rings. The molecule has 0 bridgehead atoms. The first kappa shape index (κ1) is 15.5. The van der Waals surface area contributed by atoms with Crippen LogP contribution < -0.4 is 5.73 Å². The Morgan fingerprint density at radius 2 is 1.85 bits per heavy atom. The quantitative estimate of drug-likeness (QED) is 0.826.